The molecule has 0 fully saturated rings. The SMILES string of the molecule is Cc1ccccc1COc1c(C)cc(CCN)cc1C. The van der Waals surface area contributed by atoms with E-state index in [0.717, 1.165) is 12.2 Å². The molecule has 0 bridgehead atoms. The fourth-order valence-corrected chi connectivity index (χ4v) is 2.50. The van der Waals surface area contributed by atoms with Gasteiger partial charge in [-0.15, -0.1) is 0 Å². The lowest BCUT2D eigenvalue weighted by Gasteiger charge is -2.15. The van der Waals surface area contributed by atoms with E-state index in [-0.39, 0.29) is 0 Å². The van der Waals surface area contributed by atoms with E-state index >= 15 is 0 Å². The van der Waals surface area contributed by atoms with E-state index in [4.69, 9.17) is 10.5 Å². The Bertz CT molecular complexity index is 567. The van der Waals surface area contributed by atoms with Gasteiger partial charge in [-0.2, -0.15) is 0 Å². The monoisotopic (exact) mass is 269 g/mol. The summed E-state index contributed by atoms with van der Waals surface area (Å²) in [6.07, 6.45) is 0.916. The molecule has 0 aromatic heterocycles. The normalized spacial score (nSPS) is 10.6. The third-order valence-corrected chi connectivity index (χ3v) is 3.59. The molecular weight excluding hydrogens is 246 g/mol. The summed E-state index contributed by atoms with van der Waals surface area (Å²) in [5, 5.41) is 0. The van der Waals surface area contributed by atoms with Gasteiger partial charge in [-0.1, -0.05) is 36.4 Å². The number of aryl methyl sites for hydroxylation is 3. The summed E-state index contributed by atoms with van der Waals surface area (Å²) in [7, 11) is 0. The van der Waals surface area contributed by atoms with Crippen LogP contribution in [0.5, 0.6) is 5.75 Å². The second kappa shape index (κ2) is 6.58. The zero-order valence-corrected chi connectivity index (χ0v) is 12.6. The van der Waals surface area contributed by atoms with Crippen molar-refractivity contribution in [2.45, 2.75) is 33.8 Å². The van der Waals surface area contributed by atoms with Crippen LogP contribution in [-0.4, -0.2) is 6.54 Å². The minimum atomic E-state index is 0.616. The molecule has 0 atom stereocenters. The molecule has 2 aromatic rings. The molecule has 2 rings (SSSR count). The standard InChI is InChI=1S/C18H23NO/c1-13-6-4-5-7-17(13)12-20-18-14(2)10-16(8-9-19)11-15(18)3/h4-7,10-11H,8-9,12,19H2,1-3H3. The highest BCUT2D eigenvalue weighted by Gasteiger charge is 2.07. The van der Waals surface area contributed by atoms with Gasteiger partial charge in [-0.05, 0) is 61.6 Å². The lowest BCUT2D eigenvalue weighted by Crippen LogP contribution is -2.05. The van der Waals surface area contributed by atoms with Crippen LogP contribution in [-0.2, 0) is 13.0 Å². The van der Waals surface area contributed by atoms with Crippen molar-refractivity contribution in [3.63, 3.8) is 0 Å². The molecule has 0 aliphatic rings. The van der Waals surface area contributed by atoms with Gasteiger partial charge in [0.25, 0.3) is 0 Å². The first-order chi connectivity index (χ1) is 9.61. The van der Waals surface area contributed by atoms with E-state index in [1.54, 1.807) is 0 Å². The molecule has 0 radical (unpaired) electrons. The fourth-order valence-electron chi connectivity index (χ4n) is 2.50. The van der Waals surface area contributed by atoms with Crippen molar-refractivity contribution in [2.75, 3.05) is 6.54 Å². The van der Waals surface area contributed by atoms with E-state index < -0.39 is 0 Å². The minimum Gasteiger partial charge on any atom is -0.488 e. The number of hydrogen-bond donors (Lipinski definition) is 1. The van der Waals surface area contributed by atoms with Crippen molar-refractivity contribution < 1.29 is 4.74 Å². The van der Waals surface area contributed by atoms with Gasteiger partial charge >= 0.3 is 0 Å². The van der Waals surface area contributed by atoms with Gasteiger partial charge in [0.2, 0.25) is 0 Å². The summed E-state index contributed by atoms with van der Waals surface area (Å²) < 4.78 is 6.04. The molecular formula is C18H23NO. The van der Waals surface area contributed by atoms with E-state index in [0.29, 0.717) is 13.2 Å². The Balaban J connectivity index is 2.16. The number of ether oxygens (including phenoxy) is 1. The van der Waals surface area contributed by atoms with Gasteiger partial charge in [0.05, 0.1) is 0 Å². The van der Waals surface area contributed by atoms with E-state index in [9.17, 15) is 0 Å². The van der Waals surface area contributed by atoms with E-state index in [1.807, 2.05) is 0 Å². The van der Waals surface area contributed by atoms with Crippen LogP contribution in [0.1, 0.15) is 27.8 Å². The van der Waals surface area contributed by atoms with Crippen LogP contribution in [0.2, 0.25) is 0 Å². The Morgan fingerprint density at radius 3 is 2.20 bits per heavy atom. The van der Waals surface area contributed by atoms with Gasteiger partial charge in [0.15, 0.2) is 0 Å². The van der Waals surface area contributed by atoms with Crippen LogP contribution < -0.4 is 10.5 Å². The Morgan fingerprint density at radius 2 is 1.60 bits per heavy atom. The van der Waals surface area contributed by atoms with E-state index in [1.165, 1.54) is 27.8 Å². The first-order valence-electron chi connectivity index (χ1n) is 7.09. The van der Waals surface area contributed by atoms with Gasteiger partial charge in [-0.3, -0.25) is 0 Å². The van der Waals surface area contributed by atoms with Crippen LogP contribution >= 0.6 is 0 Å². The molecule has 0 heterocycles. The smallest absolute Gasteiger partial charge is 0.125 e. The predicted molar refractivity (Wildman–Crippen MR) is 84.2 cm³/mol. The van der Waals surface area contributed by atoms with Crippen LogP contribution in [0.25, 0.3) is 0 Å². The zero-order valence-electron chi connectivity index (χ0n) is 12.6. The van der Waals surface area contributed by atoms with Crippen molar-refractivity contribution >= 4 is 0 Å². The second-order valence-electron chi connectivity index (χ2n) is 5.31. The summed E-state index contributed by atoms with van der Waals surface area (Å²) in [5.41, 5.74) is 11.8. The Kier molecular flexibility index (Phi) is 4.80. The van der Waals surface area contributed by atoms with Crippen LogP contribution in [0.4, 0.5) is 0 Å². The number of nitrogens with two attached hydrogens (primary N) is 1. The summed E-state index contributed by atoms with van der Waals surface area (Å²) >= 11 is 0. The van der Waals surface area contributed by atoms with Crippen LogP contribution in [0, 0.1) is 20.8 Å². The van der Waals surface area contributed by atoms with Crippen molar-refractivity contribution in [1.82, 2.24) is 0 Å². The molecule has 0 aliphatic heterocycles. The maximum atomic E-state index is 6.04. The molecule has 20 heavy (non-hydrogen) atoms. The van der Waals surface area contributed by atoms with Gasteiger partial charge in [-0.25, -0.2) is 0 Å². The highest BCUT2D eigenvalue weighted by atomic mass is 16.5. The highest BCUT2D eigenvalue weighted by molar-refractivity contribution is 5.43. The third kappa shape index (κ3) is 3.40. The summed E-state index contributed by atoms with van der Waals surface area (Å²) in [6, 6.07) is 12.7. The molecule has 106 valence electrons. The first kappa shape index (κ1) is 14.6. The molecule has 0 unspecified atom stereocenters. The van der Waals surface area contributed by atoms with Crippen molar-refractivity contribution in [3.05, 3.63) is 64.2 Å². The Morgan fingerprint density at radius 1 is 0.950 bits per heavy atom. The molecule has 2 nitrogen and oxygen atoms in total. The van der Waals surface area contributed by atoms with Crippen molar-refractivity contribution in [3.8, 4) is 5.75 Å². The molecule has 0 saturated heterocycles. The van der Waals surface area contributed by atoms with Gasteiger partial charge < -0.3 is 10.5 Å². The number of hydrogen-bond acceptors (Lipinski definition) is 2. The maximum Gasteiger partial charge on any atom is 0.125 e. The highest BCUT2D eigenvalue weighted by Crippen LogP contribution is 2.26. The summed E-state index contributed by atoms with van der Waals surface area (Å²) in [5.74, 6) is 0.994. The van der Waals surface area contributed by atoms with Crippen molar-refractivity contribution in [2.24, 2.45) is 5.73 Å². The lowest BCUT2D eigenvalue weighted by atomic mass is 10.0. The number of rotatable bonds is 5. The van der Waals surface area contributed by atoms with Gasteiger partial charge in [0.1, 0.15) is 12.4 Å². The predicted octanol–water partition coefficient (Wildman–Crippen LogP) is 3.69. The first-order valence-corrected chi connectivity index (χ1v) is 7.09. The average molecular weight is 269 g/mol. The maximum absolute atomic E-state index is 6.04. The lowest BCUT2D eigenvalue weighted by molar-refractivity contribution is 0.301. The summed E-state index contributed by atoms with van der Waals surface area (Å²) in [6.45, 7) is 7.61. The number of benzene rings is 2. The van der Waals surface area contributed by atoms with E-state index in [2.05, 4.69) is 57.2 Å². The molecule has 0 amide bonds. The largest absolute Gasteiger partial charge is 0.488 e. The molecule has 2 N–H and O–H groups in total. The van der Waals surface area contributed by atoms with Crippen molar-refractivity contribution in [1.29, 1.82) is 0 Å². The van der Waals surface area contributed by atoms with Crippen LogP contribution in [0.15, 0.2) is 36.4 Å². The quantitative estimate of drug-likeness (QED) is 0.898. The molecule has 0 saturated carbocycles. The molecule has 0 aliphatic carbocycles. The zero-order chi connectivity index (χ0) is 14.5. The molecule has 2 heteroatoms. The second-order valence-corrected chi connectivity index (χ2v) is 5.31. The molecule has 0 spiro atoms. The third-order valence-electron chi connectivity index (χ3n) is 3.59. The Hall–Kier alpha value is -1.80. The topological polar surface area (TPSA) is 35.2 Å². The molecule has 2 aromatic carbocycles. The average Bonchev–Trinajstić information content (AvgIpc) is 2.40. The summed E-state index contributed by atoms with van der Waals surface area (Å²) in [4.78, 5) is 0. The fraction of sp³-hybridized carbons (Fsp3) is 0.333. The Labute approximate surface area is 121 Å². The minimum absolute atomic E-state index is 0.616. The van der Waals surface area contributed by atoms with Crippen LogP contribution in [0.3, 0.4) is 0 Å². The van der Waals surface area contributed by atoms with Gasteiger partial charge in [0, 0.05) is 0 Å².